The number of hydrogen-bond acceptors (Lipinski definition) is 5. The van der Waals surface area contributed by atoms with Crippen molar-refractivity contribution in [1.82, 2.24) is 14.6 Å². The average Bonchev–Trinajstić information content (AvgIpc) is 2.60. The van der Waals surface area contributed by atoms with Crippen LogP contribution in [0.25, 0.3) is 0 Å². The lowest BCUT2D eigenvalue weighted by atomic mass is 10.2. The monoisotopic (exact) mass is 440 g/mol. The van der Waals surface area contributed by atoms with Crippen LogP contribution in [0.5, 0.6) is 0 Å². The van der Waals surface area contributed by atoms with E-state index in [4.69, 9.17) is 0 Å². The number of amides is 2. The van der Waals surface area contributed by atoms with Gasteiger partial charge in [0.1, 0.15) is 0 Å². The molecule has 2 amide bonds. The molecule has 2 N–H and O–H groups in total. The number of sulfonamides is 1. The highest BCUT2D eigenvalue weighted by molar-refractivity contribution is 9.10. The van der Waals surface area contributed by atoms with Crippen molar-refractivity contribution >= 4 is 43.5 Å². The summed E-state index contributed by atoms with van der Waals surface area (Å²) in [5.41, 5.74) is 0.637. The average molecular weight is 441 g/mol. The van der Waals surface area contributed by atoms with E-state index in [0.29, 0.717) is 10.2 Å². The summed E-state index contributed by atoms with van der Waals surface area (Å²) in [5.74, 6) is -0.987. The zero-order chi connectivity index (χ0) is 19.3. The van der Waals surface area contributed by atoms with Crippen molar-refractivity contribution in [2.45, 2.75) is 4.90 Å². The molecule has 26 heavy (non-hydrogen) atoms. The molecule has 2 aromatic rings. The first-order chi connectivity index (χ1) is 12.2. The summed E-state index contributed by atoms with van der Waals surface area (Å²) in [5, 5.41) is 5.03. The molecule has 10 heteroatoms. The van der Waals surface area contributed by atoms with Gasteiger partial charge >= 0.3 is 0 Å². The summed E-state index contributed by atoms with van der Waals surface area (Å²) in [4.78, 5) is 27.9. The first-order valence-electron chi connectivity index (χ1n) is 7.42. The Hall–Kier alpha value is -2.30. The summed E-state index contributed by atoms with van der Waals surface area (Å²) in [6.45, 7) is -0.264. The van der Waals surface area contributed by atoms with Gasteiger partial charge < -0.3 is 10.6 Å². The molecule has 2 rings (SSSR count). The number of halogens is 1. The standard InChI is InChI=1S/C16H17BrN4O4S/c1-21(2)26(24,25)14-8-11(5-6-13(14)17)16(23)19-10-15(22)20-12-4-3-7-18-9-12/h3-9H,10H2,1-2H3,(H,19,23)(H,20,22). The van der Waals surface area contributed by atoms with E-state index in [-0.39, 0.29) is 17.0 Å². The largest absolute Gasteiger partial charge is 0.343 e. The van der Waals surface area contributed by atoms with Crippen LogP contribution >= 0.6 is 15.9 Å². The van der Waals surface area contributed by atoms with Crippen LogP contribution < -0.4 is 10.6 Å². The molecule has 0 aliphatic rings. The molecular formula is C16H17BrN4O4S. The second-order valence-electron chi connectivity index (χ2n) is 5.41. The van der Waals surface area contributed by atoms with Gasteiger partial charge in [0.2, 0.25) is 15.9 Å². The van der Waals surface area contributed by atoms with Crippen LogP contribution in [-0.2, 0) is 14.8 Å². The van der Waals surface area contributed by atoms with Crippen molar-refractivity contribution in [3.8, 4) is 0 Å². The van der Waals surface area contributed by atoms with Gasteiger partial charge in [0.15, 0.2) is 0 Å². The SMILES string of the molecule is CN(C)S(=O)(=O)c1cc(C(=O)NCC(=O)Nc2cccnc2)ccc1Br. The maximum Gasteiger partial charge on any atom is 0.251 e. The summed E-state index contributed by atoms with van der Waals surface area (Å²) < 4.78 is 26.0. The van der Waals surface area contributed by atoms with Gasteiger partial charge in [-0.3, -0.25) is 14.6 Å². The number of hydrogen-bond donors (Lipinski definition) is 2. The van der Waals surface area contributed by atoms with E-state index < -0.39 is 21.8 Å². The van der Waals surface area contributed by atoms with Crippen LogP contribution in [0.3, 0.4) is 0 Å². The first kappa shape index (κ1) is 20.0. The van der Waals surface area contributed by atoms with Gasteiger partial charge in [0, 0.05) is 30.3 Å². The summed E-state index contributed by atoms with van der Waals surface area (Å²) >= 11 is 3.18. The number of nitrogens with zero attached hydrogens (tertiary/aromatic N) is 2. The van der Waals surface area contributed by atoms with E-state index in [9.17, 15) is 18.0 Å². The van der Waals surface area contributed by atoms with Crippen LogP contribution in [-0.4, -0.2) is 50.2 Å². The quantitative estimate of drug-likeness (QED) is 0.706. The minimum Gasteiger partial charge on any atom is -0.343 e. The van der Waals surface area contributed by atoms with Crippen LogP contribution in [0.4, 0.5) is 5.69 Å². The predicted octanol–water partition coefficient (Wildman–Crippen LogP) is 1.46. The zero-order valence-corrected chi connectivity index (χ0v) is 16.5. The third-order valence-corrected chi connectivity index (χ3v) is 6.12. The van der Waals surface area contributed by atoms with Gasteiger partial charge in [-0.2, -0.15) is 0 Å². The molecular weight excluding hydrogens is 424 g/mol. The maximum absolute atomic E-state index is 12.3. The van der Waals surface area contributed by atoms with Crippen molar-refractivity contribution in [3.05, 3.63) is 52.8 Å². The molecule has 0 saturated carbocycles. The second-order valence-corrected chi connectivity index (χ2v) is 8.38. The Labute approximate surface area is 159 Å². The Kier molecular flexibility index (Phi) is 6.46. The highest BCUT2D eigenvalue weighted by Gasteiger charge is 2.22. The Morgan fingerprint density at radius 3 is 2.58 bits per heavy atom. The molecule has 0 radical (unpaired) electrons. The van der Waals surface area contributed by atoms with Gasteiger partial charge in [-0.05, 0) is 46.3 Å². The van der Waals surface area contributed by atoms with E-state index >= 15 is 0 Å². The number of benzene rings is 1. The summed E-state index contributed by atoms with van der Waals surface area (Å²) in [6, 6.07) is 7.53. The lowest BCUT2D eigenvalue weighted by Crippen LogP contribution is -2.33. The van der Waals surface area contributed by atoms with Crippen molar-refractivity contribution in [3.63, 3.8) is 0 Å². The van der Waals surface area contributed by atoms with Crippen molar-refractivity contribution in [1.29, 1.82) is 0 Å². The van der Waals surface area contributed by atoms with Gasteiger partial charge in [0.05, 0.1) is 23.3 Å². The van der Waals surface area contributed by atoms with Crippen LogP contribution in [0.15, 0.2) is 52.1 Å². The van der Waals surface area contributed by atoms with E-state index in [1.165, 1.54) is 38.5 Å². The predicted molar refractivity (Wildman–Crippen MR) is 100 cm³/mol. The Morgan fingerprint density at radius 2 is 1.96 bits per heavy atom. The molecule has 138 valence electrons. The minimum absolute atomic E-state index is 0.0324. The van der Waals surface area contributed by atoms with Crippen molar-refractivity contribution in [2.24, 2.45) is 0 Å². The lowest BCUT2D eigenvalue weighted by Gasteiger charge is -2.14. The second kappa shape index (κ2) is 8.39. The summed E-state index contributed by atoms with van der Waals surface area (Å²) in [6.07, 6.45) is 3.05. The number of rotatable bonds is 6. The molecule has 1 aromatic carbocycles. The lowest BCUT2D eigenvalue weighted by molar-refractivity contribution is -0.115. The van der Waals surface area contributed by atoms with E-state index in [2.05, 4.69) is 31.5 Å². The molecule has 0 bridgehead atoms. The molecule has 0 aliphatic heterocycles. The molecule has 0 spiro atoms. The number of aromatic nitrogens is 1. The fourth-order valence-electron chi connectivity index (χ4n) is 1.94. The van der Waals surface area contributed by atoms with E-state index in [1.807, 2.05) is 0 Å². The van der Waals surface area contributed by atoms with Crippen LogP contribution in [0.1, 0.15) is 10.4 Å². The fourth-order valence-corrected chi connectivity index (χ4v) is 3.79. The Bertz CT molecular complexity index is 917. The fraction of sp³-hybridized carbons (Fsp3) is 0.188. The van der Waals surface area contributed by atoms with Gasteiger partial charge in [-0.25, -0.2) is 12.7 Å². The Morgan fingerprint density at radius 1 is 1.23 bits per heavy atom. The third-order valence-electron chi connectivity index (χ3n) is 3.31. The topological polar surface area (TPSA) is 108 Å². The number of pyridine rings is 1. The molecule has 0 atom stereocenters. The summed E-state index contributed by atoms with van der Waals surface area (Å²) in [7, 11) is -0.915. The molecule has 0 aliphatic carbocycles. The van der Waals surface area contributed by atoms with Crippen molar-refractivity contribution in [2.75, 3.05) is 26.0 Å². The van der Waals surface area contributed by atoms with Crippen molar-refractivity contribution < 1.29 is 18.0 Å². The molecule has 0 saturated heterocycles. The highest BCUT2D eigenvalue weighted by atomic mass is 79.9. The number of anilines is 1. The van der Waals surface area contributed by atoms with Gasteiger partial charge in [0.25, 0.3) is 5.91 Å². The Balaban J connectivity index is 2.07. The highest BCUT2D eigenvalue weighted by Crippen LogP contribution is 2.25. The smallest absolute Gasteiger partial charge is 0.251 e. The molecule has 1 heterocycles. The number of nitrogens with one attached hydrogen (secondary N) is 2. The minimum atomic E-state index is -3.72. The first-order valence-corrected chi connectivity index (χ1v) is 9.65. The zero-order valence-electron chi connectivity index (χ0n) is 14.1. The van der Waals surface area contributed by atoms with Gasteiger partial charge in [-0.15, -0.1) is 0 Å². The number of carbonyl (C=O) groups excluding carboxylic acids is 2. The molecule has 0 fully saturated rings. The molecule has 0 unspecified atom stereocenters. The molecule has 8 nitrogen and oxygen atoms in total. The van der Waals surface area contributed by atoms with Crippen LogP contribution in [0, 0.1) is 0 Å². The maximum atomic E-state index is 12.3. The van der Waals surface area contributed by atoms with E-state index in [1.54, 1.807) is 18.3 Å². The van der Waals surface area contributed by atoms with Gasteiger partial charge in [-0.1, -0.05) is 0 Å². The number of carbonyl (C=O) groups is 2. The normalized spacial score (nSPS) is 11.2. The molecule has 1 aromatic heterocycles. The third kappa shape index (κ3) is 4.87. The van der Waals surface area contributed by atoms with Crippen LogP contribution in [0.2, 0.25) is 0 Å². The van der Waals surface area contributed by atoms with E-state index in [0.717, 1.165) is 4.31 Å².